The maximum Gasteiger partial charge on any atom is 0.123 e. The van der Waals surface area contributed by atoms with Gasteiger partial charge in [0.1, 0.15) is 5.76 Å². The normalized spacial score (nSPS) is 13.6. The highest BCUT2D eigenvalue weighted by Gasteiger charge is 2.13. The number of hydrogen-bond acceptors (Lipinski definition) is 3. The largest absolute Gasteiger partial charge is 0.468 e. The number of unbranched alkanes of at least 4 members (excludes halogenated alkanes) is 1. The Kier molecular flexibility index (Phi) is 8.05. The Morgan fingerprint density at radius 3 is 2.67 bits per heavy atom. The monoisotopic (exact) mass is 295 g/mol. The molecule has 1 aromatic heterocycles. The van der Waals surface area contributed by atoms with E-state index in [9.17, 15) is 0 Å². The summed E-state index contributed by atoms with van der Waals surface area (Å²) < 4.78 is 11.5. The first-order valence-electron chi connectivity index (χ1n) is 8.34. The van der Waals surface area contributed by atoms with Crippen molar-refractivity contribution >= 4 is 0 Å². The van der Waals surface area contributed by atoms with Gasteiger partial charge in [0.05, 0.1) is 19.4 Å². The van der Waals surface area contributed by atoms with Crippen LogP contribution in [0.4, 0.5) is 0 Å². The van der Waals surface area contributed by atoms with Crippen molar-refractivity contribution < 1.29 is 9.15 Å². The molecule has 0 aliphatic carbocycles. The first-order chi connectivity index (χ1) is 9.96. The van der Waals surface area contributed by atoms with Crippen LogP contribution in [0, 0.1) is 5.92 Å². The predicted molar refractivity (Wildman–Crippen MR) is 88.3 cm³/mol. The van der Waals surface area contributed by atoms with Gasteiger partial charge in [0.25, 0.3) is 0 Å². The molecule has 0 radical (unpaired) electrons. The summed E-state index contributed by atoms with van der Waals surface area (Å²) in [6.07, 6.45) is 6.79. The Balaban J connectivity index is 2.36. The van der Waals surface area contributed by atoms with Crippen LogP contribution in [-0.4, -0.2) is 12.1 Å². The summed E-state index contributed by atoms with van der Waals surface area (Å²) in [5.41, 5.74) is 1.26. The van der Waals surface area contributed by atoms with E-state index in [0.29, 0.717) is 12.5 Å². The summed E-state index contributed by atoms with van der Waals surface area (Å²) in [6, 6.07) is 2.02. The van der Waals surface area contributed by atoms with Gasteiger partial charge in [-0.15, -0.1) is 0 Å². The lowest BCUT2D eigenvalue weighted by atomic mass is 10.0. The van der Waals surface area contributed by atoms with Crippen LogP contribution >= 0.6 is 0 Å². The van der Waals surface area contributed by atoms with E-state index in [1.165, 1.54) is 25.7 Å². The third-order valence-electron chi connectivity index (χ3n) is 3.77. The number of nitrogens with one attached hydrogen (secondary N) is 1. The highest BCUT2D eigenvalue weighted by atomic mass is 16.5. The van der Waals surface area contributed by atoms with Crippen molar-refractivity contribution in [3.8, 4) is 0 Å². The minimum atomic E-state index is 0.0956. The summed E-state index contributed by atoms with van der Waals surface area (Å²) in [6.45, 7) is 13.2. The Labute approximate surface area is 130 Å². The highest BCUT2D eigenvalue weighted by Crippen LogP contribution is 2.16. The van der Waals surface area contributed by atoms with Gasteiger partial charge in [0.2, 0.25) is 0 Å². The van der Waals surface area contributed by atoms with Gasteiger partial charge in [-0.1, -0.05) is 33.1 Å². The van der Waals surface area contributed by atoms with Gasteiger partial charge in [-0.3, -0.25) is 0 Å². The minimum Gasteiger partial charge on any atom is -0.468 e. The molecule has 1 heterocycles. The molecule has 0 aromatic carbocycles. The van der Waals surface area contributed by atoms with Crippen LogP contribution in [0.15, 0.2) is 16.7 Å². The van der Waals surface area contributed by atoms with Crippen LogP contribution in [-0.2, 0) is 17.9 Å². The summed E-state index contributed by atoms with van der Waals surface area (Å²) in [4.78, 5) is 0. The zero-order chi connectivity index (χ0) is 15.7. The molecule has 0 aliphatic heterocycles. The molecule has 1 atom stereocenters. The molecule has 3 nitrogen and oxygen atoms in total. The third kappa shape index (κ3) is 7.68. The maximum atomic E-state index is 5.91. The van der Waals surface area contributed by atoms with Crippen molar-refractivity contribution in [2.24, 2.45) is 5.92 Å². The Hall–Kier alpha value is -0.800. The number of furan rings is 1. The van der Waals surface area contributed by atoms with Crippen molar-refractivity contribution in [1.29, 1.82) is 0 Å². The fraction of sp³-hybridized carbons (Fsp3) is 0.778. The molecule has 3 heteroatoms. The molecule has 0 fully saturated rings. The lowest BCUT2D eigenvalue weighted by Crippen LogP contribution is -2.35. The second-order valence-corrected chi connectivity index (χ2v) is 6.90. The minimum absolute atomic E-state index is 0.0956. The van der Waals surface area contributed by atoms with Crippen LogP contribution in [0.5, 0.6) is 0 Å². The molecule has 1 unspecified atom stereocenters. The van der Waals surface area contributed by atoms with Gasteiger partial charge in [-0.2, -0.15) is 0 Å². The van der Waals surface area contributed by atoms with Gasteiger partial charge >= 0.3 is 0 Å². The van der Waals surface area contributed by atoms with Crippen LogP contribution < -0.4 is 5.32 Å². The smallest absolute Gasteiger partial charge is 0.123 e. The van der Waals surface area contributed by atoms with Crippen molar-refractivity contribution in [1.82, 2.24) is 5.32 Å². The predicted octanol–water partition coefficient (Wildman–Crippen LogP) is 4.90. The van der Waals surface area contributed by atoms with Crippen LogP contribution in [0.3, 0.4) is 0 Å². The molecular formula is C18H33NO2. The third-order valence-corrected chi connectivity index (χ3v) is 3.77. The quantitative estimate of drug-likeness (QED) is 0.666. The molecule has 0 bridgehead atoms. The van der Waals surface area contributed by atoms with Crippen LogP contribution in [0.1, 0.15) is 71.6 Å². The van der Waals surface area contributed by atoms with E-state index < -0.39 is 0 Å². The van der Waals surface area contributed by atoms with Crippen molar-refractivity contribution in [3.05, 3.63) is 23.7 Å². The molecule has 1 aromatic rings. The molecule has 0 spiro atoms. The van der Waals surface area contributed by atoms with E-state index in [4.69, 9.17) is 9.15 Å². The molecule has 0 saturated heterocycles. The molecule has 0 amide bonds. The Morgan fingerprint density at radius 1 is 1.29 bits per heavy atom. The second kappa shape index (κ2) is 9.26. The average Bonchev–Trinajstić information content (AvgIpc) is 2.87. The summed E-state index contributed by atoms with van der Waals surface area (Å²) in [5.74, 6) is 1.68. The number of ether oxygens (including phenoxy) is 1. The number of hydrogen-bond donors (Lipinski definition) is 1. The van der Waals surface area contributed by atoms with Gasteiger partial charge < -0.3 is 14.5 Å². The van der Waals surface area contributed by atoms with Gasteiger partial charge in [0.15, 0.2) is 0 Å². The van der Waals surface area contributed by atoms with E-state index in [1.807, 2.05) is 6.07 Å². The topological polar surface area (TPSA) is 34.4 Å². The molecule has 0 aliphatic rings. The van der Waals surface area contributed by atoms with E-state index in [-0.39, 0.29) is 5.54 Å². The summed E-state index contributed by atoms with van der Waals surface area (Å²) in [5, 5.41) is 3.45. The summed E-state index contributed by atoms with van der Waals surface area (Å²) in [7, 11) is 0. The van der Waals surface area contributed by atoms with Crippen molar-refractivity contribution in [2.75, 3.05) is 6.61 Å². The van der Waals surface area contributed by atoms with E-state index in [1.54, 1.807) is 6.26 Å². The first kappa shape index (κ1) is 18.2. The SMILES string of the molecule is CCCCC(CC)COCc1ccoc1CNC(C)(C)C. The maximum absolute atomic E-state index is 5.91. The Bertz CT molecular complexity index is 379. The van der Waals surface area contributed by atoms with Crippen LogP contribution in [0.25, 0.3) is 0 Å². The van der Waals surface area contributed by atoms with E-state index in [0.717, 1.165) is 24.5 Å². The molecule has 0 saturated carbocycles. The molecule has 122 valence electrons. The molecular weight excluding hydrogens is 262 g/mol. The van der Waals surface area contributed by atoms with E-state index >= 15 is 0 Å². The fourth-order valence-corrected chi connectivity index (χ4v) is 2.23. The van der Waals surface area contributed by atoms with Gasteiger partial charge in [-0.05, 0) is 39.2 Å². The van der Waals surface area contributed by atoms with Crippen molar-refractivity contribution in [3.63, 3.8) is 0 Å². The number of rotatable bonds is 10. The zero-order valence-corrected chi connectivity index (χ0v) is 14.5. The Morgan fingerprint density at radius 2 is 2.05 bits per heavy atom. The first-order valence-corrected chi connectivity index (χ1v) is 8.34. The molecule has 1 N–H and O–H groups in total. The van der Waals surface area contributed by atoms with Gasteiger partial charge in [0, 0.05) is 17.7 Å². The molecule has 1 rings (SSSR count). The second-order valence-electron chi connectivity index (χ2n) is 6.90. The molecule has 21 heavy (non-hydrogen) atoms. The zero-order valence-electron chi connectivity index (χ0n) is 14.5. The summed E-state index contributed by atoms with van der Waals surface area (Å²) >= 11 is 0. The highest BCUT2D eigenvalue weighted by molar-refractivity contribution is 5.16. The lowest BCUT2D eigenvalue weighted by molar-refractivity contribution is 0.0809. The average molecular weight is 295 g/mol. The standard InChI is InChI=1S/C18H33NO2/c1-6-8-9-15(7-2)13-20-14-16-10-11-21-17(16)12-19-18(3,4)5/h10-11,15,19H,6-9,12-14H2,1-5H3. The van der Waals surface area contributed by atoms with Gasteiger partial charge in [-0.25, -0.2) is 0 Å². The van der Waals surface area contributed by atoms with Crippen LogP contribution in [0.2, 0.25) is 0 Å². The van der Waals surface area contributed by atoms with E-state index in [2.05, 4.69) is 39.9 Å². The fourth-order valence-electron chi connectivity index (χ4n) is 2.23. The van der Waals surface area contributed by atoms with Crippen molar-refractivity contribution in [2.45, 2.75) is 79.0 Å². The lowest BCUT2D eigenvalue weighted by Gasteiger charge is -2.20.